The van der Waals surface area contributed by atoms with Gasteiger partial charge in [0.2, 0.25) is 11.0 Å². The number of nitrogens with zero attached hydrogens (tertiary/aromatic N) is 2. The Balaban J connectivity index is 0.00000441. The van der Waals surface area contributed by atoms with Crippen molar-refractivity contribution in [1.29, 1.82) is 0 Å². The molecule has 0 aliphatic heterocycles. The van der Waals surface area contributed by atoms with Gasteiger partial charge in [-0.2, -0.15) is 0 Å². The molecule has 0 radical (unpaired) electrons. The van der Waals surface area contributed by atoms with Crippen LogP contribution in [0.3, 0.4) is 0 Å². The number of hydrogen-bond donors (Lipinski definition) is 2. The molecule has 22 heavy (non-hydrogen) atoms. The fraction of sp³-hybridized carbons (Fsp3) is 0.667. The molecule has 1 atom stereocenters. The van der Waals surface area contributed by atoms with Gasteiger partial charge in [-0.1, -0.05) is 36.4 Å². The molecule has 1 unspecified atom stereocenters. The van der Waals surface area contributed by atoms with Gasteiger partial charge in [0.1, 0.15) is 0 Å². The first-order valence-electron chi connectivity index (χ1n) is 6.61. The molecule has 1 rings (SSSR count). The highest BCUT2D eigenvalue weighted by Gasteiger charge is 2.28. The Morgan fingerprint density at radius 2 is 2.09 bits per heavy atom. The van der Waals surface area contributed by atoms with Gasteiger partial charge in [0.25, 0.3) is 0 Å². The Bertz CT molecular complexity index is 496. The fourth-order valence-corrected chi connectivity index (χ4v) is 3.06. The number of thioether (sulfide) groups is 1. The first-order chi connectivity index (χ1) is 9.89. The van der Waals surface area contributed by atoms with Crippen LogP contribution in [0.2, 0.25) is 0 Å². The second-order valence-electron chi connectivity index (χ2n) is 4.59. The van der Waals surface area contributed by atoms with Crippen LogP contribution in [-0.4, -0.2) is 40.0 Å². The number of aromatic nitrogens is 2. The number of carbonyl (C=O) groups is 2. The van der Waals surface area contributed by atoms with E-state index in [9.17, 15) is 9.59 Å². The van der Waals surface area contributed by atoms with Crippen molar-refractivity contribution in [3.05, 3.63) is 0 Å². The molecule has 1 amide bonds. The number of esters is 1. The third-order valence-electron chi connectivity index (χ3n) is 2.53. The predicted octanol–water partition coefficient (Wildman–Crippen LogP) is 2.07. The number of rotatable bonds is 8. The van der Waals surface area contributed by atoms with E-state index < -0.39 is 5.54 Å². The van der Waals surface area contributed by atoms with Gasteiger partial charge in [0.15, 0.2) is 4.34 Å². The molecule has 0 aliphatic rings. The van der Waals surface area contributed by atoms with Gasteiger partial charge in [0.05, 0.1) is 17.9 Å². The molecule has 7 nitrogen and oxygen atoms in total. The Kier molecular flexibility index (Phi) is 9.58. The lowest BCUT2D eigenvalue weighted by atomic mass is 9.97. The smallest absolute Gasteiger partial charge is 0.316 e. The molecule has 0 aliphatic carbocycles. The van der Waals surface area contributed by atoms with E-state index in [4.69, 9.17) is 10.5 Å². The van der Waals surface area contributed by atoms with Crippen LogP contribution in [0.1, 0.15) is 33.6 Å². The molecule has 0 spiro atoms. The minimum Gasteiger partial charge on any atom is -0.465 e. The number of anilines is 1. The SMILES string of the molecule is CCCC(C)(N)C(=O)Nc1nnc(SCC(=O)OCC)s1.Cl. The maximum Gasteiger partial charge on any atom is 0.316 e. The largest absolute Gasteiger partial charge is 0.465 e. The highest BCUT2D eigenvalue weighted by molar-refractivity contribution is 8.01. The lowest BCUT2D eigenvalue weighted by Crippen LogP contribution is -2.48. The van der Waals surface area contributed by atoms with Gasteiger partial charge in [-0.15, -0.1) is 22.6 Å². The van der Waals surface area contributed by atoms with E-state index in [1.807, 2.05) is 6.92 Å². The number of carbonyl (C=O) groups excluding carboxylic acids is 2. The van der Waals surface area contributed by atoms with Crippen molar-refractivity contribution in [2.45, 2.75) is 43.5 Å². The summed E-state index contributed by atoms with van der Waals surface area (Å²) in [6.45, 7) is 5.75. The lowest BCUT2D eigenvalue weighted by Gasteiger charge is -2.21. The van der Waals surface area contributed by atoms with Crippen molar-refractivity contribution in [2.24, 2.45) is 5.73 Å². The van der Waals surface area contributed by atoms with Gasteiger partial charge >= 0.3 is 5.97 Å². The first-order valence-corrected chi connectivity index (χ1v) is 8.41. The van der Waals surface area contributed by atoms with E-state index >= 15 is 0 Å². The highest BCUT2D eigenvalue weighted by atomic mass is 35.5. The van der Waals surface area contributed by atoms with Crippen LogP contribution in [0.25, 0.3) is 0 Å². The quantitative estimate of drug-likeness (QED) is 0.411. The molecule has 0 saturated carbocycles. The number of halogens is 1. The molecule has 1 heterocycles. The van der Waals surface area contributed by atoms with E-state index in [0.29, 0.717) is 22.5 Å². The van der Waals surface area contributed by atoms with Crippen LogP contribution in [0, 0.1) is 0 Å². The molecule has 10 heteroatoms. The normalized spacial score (nSPS) is 12.9. The Labute approximate surface area is 144 Å². The van der Waals surface area contributed by atoms with Gasteiger partial charge < -0.3 is 10.5 Å². The molecular weight excluding hydrogens is 348 g/mol. The third kappa shape index (κ3) is 6.91. The number of hydrogen-bond acceptors (Lipinski definition) is 8. The molecule has 1 aromatic rings. The minimum absolute atomic E-state index is 0. The minimum atomic E-state index is -0.932. The molecular formula is C12H21ClN4O3S2. The number of ether oxygens (including phenoxy) is 1. The average molecular weight is 369 g/mol. The van der Waals surface area contributed by atoms with Crippen LogP contribution in [-0.2, 0) is 14.3 Å². The molecule has 0 aromatic carbocycles. The molecule has 126 valence electrons. The summed E-state index contributed by atoms with van der Waals surface area (Å²) < 4.78 is 5.41. The van der Waals surface area contributed by atoms with E-state index in [2.05, 4.69) is 15.5 Å². The molecule has 0 bridgehead atoms. The van der Waals surface area contributed by atoms with Gasteiger partial charge in [-0.05, 0) is 20.3 Å². The zero-order chi connectivity index (χ0) is 15.9. The first kappa shape index (κ1) is 21.1. The molecule has 0 saturated heterocycles. The second-order valence-corrected chi connectivity index (χ2v) is 6.79. The summed E-state index contributed by atoms with van der Waals surface area (Å²) in [5.74, 6) is -0.427. The van der Waals surface area contributed by atoms with Crippen molar-refractivity contribution in [1.82, 2.24) is 10.2 Å². The standard InChI is InChI=1S/C12H20N4O3S2.ClH/c1-4-6-12(3,13)9(18)14-10-15-16-11(21-10)20-7-8(17)19-5-2;/h4-7,13H2,1-3H3,(H,14,15,18);1H. The summed E-state index contributed by atoms with van der Waals surface area (Å²) in [5.41, 5.74) is 5.00. The van der Waals surface area contributed by atoms with Gasteiger partial charge in [0, 0.05) is 0 Å². The molecule has 1 aromatic heterocycles. The average Bonchev–Trinajstić information content (AvgIpc) is 2.84. The van der Waals surface area contributed by atoms with Crippen LogP contribution in [0.5, 0.6) is 0 Å². The zero-order valence-corrected chi connectivity index (χ0v) is 15.2. The summed E-state index contributed by atoms with van der Waals surface area (Å²) in [6.07, 6.45) is 1.40. The van der Waals surface area contributed by atoms with Gasteiger partial charge in [-0.3, -0.25) is 14.9 Å². The lowest BCUT2D eigenvalue weighted by molar-refractivity contribution is -0.139. The molecule has 0 fully saturated rings. The summed E-state index contributed by atoms with van der Waals surface area (Å²) >= 11 is 2.42. The number of nitrogens with one attached hydrogen (secondary N) is 1. The van der Waals surface area contributed by atoms with Gasteiger partial charge in [-0.25, -0.2) is 0 Å². The Hall–Kier alpha value is -0.900. The summed E-state index contributed by atoms with van der Waals surface area (Å²) in [7, 11) is 0. The highest BCUT2D eigenvalue weighted by Crippen LogP contribution is 2.26. The van der Waals surface area contributed by atoms with Crippen LogP contribution in [0.4, 0.5) is 5.13 Å². The number of amides is 1. The Morgan fingerprint density at radius 3 is 2.68 bits per heavy atom. The number of nitrogens with two attached hydrogens (primary N) is 1. The summed E-state index contributed by atoms with van der Waals surface area (Å²) in [4.78, 5) is 23.2. The van der Waals surface area contributed by atoms with Crippen molar-refractivity contribution >= 4 is 52.5 Å². The van der Waals surface area contributed by atoms with E-state index in [1.165, 1.54) is 23.1 Å². The van der Waals surface area contributed by atoms with Crippen LogP contribution >= 0.6 is 35.5 Å². The van der Waals surface area contributed by atoms with E-state index in [0.717, 1.165) is 6.42 Å². The third-order valence-corrected chi connectivity index (χ3v) is 4.48. The second kappa shape index (κ2) is 9.98. The Morgan fingerprint density at radius 1 is 1.41 bits per heavy atom. The van der Waals surface area contributed by atoms with Crippen molar-refractivity contribution in [3.63, 3.8) is 0 Å². The van der Waals surface area contributed by atoms with Crippen LogP contribution < -0.4 is 11.1 Å². The monoisotopic (exact) mass is 368 g/mol. The summed E-state index contributed by atoms with van der Waals surface area (Å²) in [6, 6.07) is 0. The maximum absolute atomic E-state index is 12.0. The van der Waals surface area contributed by atoms with Crippen molar-refractivity contribution in [2.75, 3.05) is 17.7 Å². The molecule has 3 N–H and O–H groups in total. The van der Waals surface area contributed by atoms with Crippen molar-refractivity contribution < 1.29 is 14.3 Å². The topological polar surface area (TPSA) is 107 Å². The van der Waals surface area contributed by atoms with E-state index in [1.54, 1.807) is 13.8 Å². The summed E-state index contributed by atoms with van der Waals surface area (Å²) in [5, 5.41) is 10.8. The predicted molar refractivity (Wildman–Crippen MR) is 90.6 cm³/mol. The zero-order valence-electron chi connectivity index (χ0n) is 12.7. The van der Waals surface area contributed by atoms with Crippen molar-refractivity contribution in [3.8, 4) is 0 Å². The maximum atomic E-state index is 12.0. The van der Waals surface area contributed by atoms with E-state index in [-0.39, 0.29) is 30.0 Å². The van der Waals surface area contributed by atoms with Crippen LogP contribution in [0.15, 0.2) is 4.34 Å². The fourth-order valence-electron chi connectivity index (χ4n) is 1.51.